The van der Waals surface area contributed by atoms with Gasteiger partial charge in [0.05, 0.1) is 6.10 Å². The van der Waals surface area contributed by atoms with Gasteiger partial charge in [0, 0.05) is 5.56 Å². The maximum atomic E-state index is 10.1. The summed E-state index contributed by atoms with van der Waals surface area (Å²) in [4.78, 5) is 4.42. The maximum absolute atomic E-state index is 10.1. The highest BCUT2D eigenvalue weighted by molar-refractivity contribution is 5.53. The summed E-state index contributed by atoms with van der Waals surface area (Å²) < 4.78 is 5.64. The Morgan fingerprint density at radius 1 is 1.32 bits per heavy atom. The Morgan fingerprint density at radius 3 is 2.74 bits per heavy atom. The van der Waals surface area contributed by atoms with Crippen molar-refractivity contribution < 1.29 is 9.52 Å². The molecule has 0 amide bonds. The molecular weight excluding hydrogens is 238 g/mol. The SMILES string of the molecule is C/C=C/CCC(O)c1nc(-c2ccccc2)oc1C. The van der Waals surface area contributed by atoms with E-state index in [0.717, 1.165) is 12.0 Å². The van der Waals surface area contributed by atoms with Gasteiger partial charge in [0.2, 0.25) is 5.89 Å². The average Bonchev–Trinajstić information content (AvgIpc) is 2.82. The molecular formula is C16H19NO2. The minimum absolute atomic E-state index is 0.568. The molecule has 0 fully saturated rings. The Hall–Kier alpha value is -1.87. The Labute approximate surface area is 113 Å². The lowest BCUT2D eigenvalue weighted by Gasteiger charge is -2.05. The molecule has 2 aromatic rings. The number of aromatic nitrogens is 1. The highest BCUT2D eigenvalue weighted by atomic mass is 16.4. The van der Waals surface area contributed by atoms with Crippen LogP contribution in [-0.4, -0.2) is 10.1 Å². The van der Waals surface area contributed by atoms with E-state index in [-0.39, 0.29) is 0 Å². The first-order chi connectivity index (χ1) is 9.22. The molecule has 1 aromatic heterocycles. The largest absolute Gasteiger partial charge is 0.441 e. The van der Waals surface area contributed by atoms with Gasteiger partial charge in [0.1, 0.15) is 11.5 Å². The predicted octanol–water partition coefficient (Wildman–Crippen LogP) is 4.04. The molecule has 1 aromatic carbocycles. The molecule has 0 radical (unpaired) electrons. The summed E-state index contributed by atoms with van der Waals surface area (Å²) in [6.07, 6.45) is 4.95. The molecule has 2 rings (SSSR count). The maximum Gasteiger partial charge on any atom is 0.226 e. The summed E-state index contributed by atoms with van der Waals surface area (Å²) in [5.74, 6) is 1.25. The van der Waals surface area contributed by atoms with Crippen LogP contribution < -0.4 is 0 Å². The zero-order chi connectivity index (χ0) is 13.7. The second kappa shape index (κ2) is 6.34. The third-order valence-electron chi connectivity index (χ3n) is 3.01. The number of benzene rings is 1. The van der Waals surface area contributed by atoms with Crippen LogP contribution in [0.25, 0.3) is 11.5 Å². The van der Waals surface area contributed by atoms with Crippen molar-refractivity contribution in [2.75, 3.05) is 0 Å². The fraction of sp³-hybridized carbons (Fsp3) is 0.312. The number of oxazole rings is 1. The molecule has 0 spiro atoms. The predicted molar refractivity (Wildman–Crippen MR) is 75.7 cm³/mol. The summed E-state index contributed by atoms with van der Waals surface area (Å²) in [6, 6.07) is 9.72. The number of aryl methyl sites for hydroxylation is 1. The number of rotatable bonds is 5. The zero-order valence-corrected chi connectivity index (χ0v) is 11.3. The summed E-state index contributed by atoms with van der Waals surface area (Å²) >= 11 is 0. The van der Waals surface area contributed by atoms with Crippen molar-refractivity contribution in [3.63, 3.8) is 0 Å². The minimum atomic E-state index is -0.572. The van der Waals surface area contributed by atoms with Crippen molar-refractivity contribution in [2.24, 2.45) is 0 Å². The van der Waals surface area contributed by atoms with Gasteiger partial charge in [-0.1, -0.05) is 30.4 Å². The zero-order valence-electron chi connectivity index (χ0n) is 11.3. The fourth-order valence-electron chi connectivity index (χ4n) is 1.98. The van der Waals surface area contributed by atoms with Crippen LogP contribution in [0.4, 0.5) is 0 Å². The topological polar surface area (TPSA) is 46.3 Å². The average molecular weight is 257 g/mol. The normalized spacial score (nSPS) is 13.0. The number of nitrogens with zero attached hydrogens (tertiary/aromatic N) is 1. The van der Waals surface area contributed by atoms with Crippen LogP contribution in [-0.2, 0) is 0 Å². The van der Waals surface area contributed by atoms with E-state index >= 15 is 0 Å². The molecule has 1 N–H and O–H groups in total. The molecule has 3 nitrogen and oxygen atoms in total. The van der Waals surface area contributed by atoms with Crippen molar-refractivity contribution >= 4 is 0 Å². The van der Waals surface area contributed by atoms with Crippen molar-refractivity contribution in [1.82, 2.24) is 4.98 Å². The van der Waals surface area contributed by atoms with E-state index in [1.54, 1.807) is 0 Å². The number of hydrogen-bond donors (Lipinski definition) is 1. The van der Waals surface area contributed by atoms with E-state index in [1.807, 2.05) is 56.3 Å². The first-order valence-corrected chi connectivity index (χ1v) is 6.54. The molecule has 1 unspecified atom stereocenters. The lowest BCUT2D eigenvalue weighted by molar-refractivity contribution is 0.163. The number of hydrogen-bond acceptors (Lipinski definition) is 3. The van der Waals surface area contributed by atoms with Gasteiger partial charge in [-0.2, -0.15) is 0 Å². The van der Waals surface area contributed by atoms with Crippen molar-refractivity contribution in [2.45, 2.75) is 32.8 Å². The highest BCUT2D eigenvalue weighted by Gasteiger charge is 2.17. The fourth-order valence-corrected chi connectivity index (χ4v) is 1.98. The molecule has 0 aliphatic rings. The summed E-state index contributed by atoms with van der Waals surface area (Å²) in [6.45, 7) is 3.81. The van der Waals surface area contributed by atoms with Crippen LogP contribution in [0.5, 0.6) is 0 Å². The monoisotopic (exact) mass is 257 g/mol. The third kappa shape index (κ3) is 3.32. The van der Waals surface area contributed by atoms with Crippen molar-refractivity contribution in [3.8, 4) is 11.5 Å². The van der Waals surface area contributed by atoms with Crippen LogP contribution in [0, 0.1) is 6.92 Å². The van der Waals surface area contributed by atoms with Gasteiger partial charge in [-0.15, -0.1) is 0 Å². The van der Waals surface area contributed by atoms with E-state index in [4.69, 9.17) is 4.42 Å². The van der Waals surface area contributed by atoms with Gasteiger partial charge in [0.25, 0.3) is 0 Å². The Bertz CT molecular complexity index is 543. The van der Waals surface area contributed by atoms with E-state index in [1.165, 1.54) is 0 Å². The summed E-state index contributed by atoms with van der Waals surface area (Å²) in [7, 11) is 0. The quantitative estimate of drug-likeness (QED) is 0.822. The van der Waals surface area contributed by atoms with E-state index < -0.39 is 6.10 Å². The van der Waals surface area contributed by atoms with Gasteiger partial charge in [-0.25, -0.2) is 4.98 Å². The smallest absolute Gasteiger partial charge is 0.226 e. The van der Waals surface area contributed by atoms with Gasteiger partial charge in [-0.05, 0) is 38.8 Å². The second-order valence-electron chi connectivity index (χ2n) is 4.49. The molecule has 0 aliphatic heterocycles. The molecule has 1 heterocycles. The summed E-state index contributed by atoms with van der Waals surface area (Å²) in [5.41, 5.74) is 1.57. The minimum Gasteiger partial charge on any atom is -0.441 e. The standard InChI is InChI=1S/C16H19NO2/c1-3-4-6-11-14(18)15-12(2)19-16(17-15)13-9-7-5-8-10-13/h3-5,7-10,14,18H,6,11H2,1-2H3/b4-3+. The van der Waals surface area contributed by atoms with E-state index in [0.29, 0.717) is 23.8 Å². The molecule has 0 saturated heterocycles. The van der Waals surface area contributed by atoms with Gasteiger partial charge < -0.3 is 9.52 Å². The second-order valence-corrected chi connectivity index (χ2v) is 4.49. The van der Waals surface area contributed by atoms with Crippen LogP contribution in [0.15, 0.2) is 46.9 Å². The van der Waals surface area contributed by atoms with E-state index in [9.17, 15) is 5.11 Å². The van der Waals surface area contributed by atoms with Crippen LogP contribution >= 0.6 is 0 Å². The number of aliphatic hydroxyl groups excluding tert-OH is 1. The van der Waals surface area contributed by atoms with Crippen LogP contribution in [0.1, 0.15) is 37.3 Å². The first-order valence-electron chi connectivity index (χ1n) is 6.54. The lowest BCUT2D eigenvalue weighted by atomic mass is 10.1. The van der Waals surface area contributed by atoms with Crippen molar-refractivity contribution in [1.29, 1.82) is 0 Å². The molecule has 100 valence electrons. The molecule has 19 heavy (non-hydrogen) atoms. The van der Waals surface area contributed by atoms with Gasteiger partial charge >= 0.3 is 0 Å². The Balaban J connectivity index is 2.17. The molecule has 0 aliphatic carbocycles. The molecule has 1 atom stereocenters. The molecule has 0 saturated carbocycles. The van der Waals surface area contributed by atoms with E-state index in [2.05, 4.69) is 4.98 Å². The van der Waals surface area contributed by atoms with Gasteiger partial charge in [0.15, 0.2) is 0 Å². The van der Waals surface area contributed by atoms with Crippen LogP contribution in [0.2, 0.25) is 0 Å². The first kappa shape index (κ1) is 13.6. The summed E-state index contributed by atoms with van der Waals surface area (Å²) in [5, 5.41) is 10.1. The Kier molecular flexibility index (Phi) is 4.53. The van der Waals surface area contributed by atoms with Crippen LogP contribution in [0.3, 0.4) is 0 Å². The molecule has 0 bridgehead atoms. The number of allylic oxidation sites excluding steroid dienone is 2. The van der Waals surface area contributed by atoms with Gasteiger partial charge in [-0.3, -0.25) is 0 Å². The molecule has 3 heteroatoms. The van der Waals surface area contributed by atoms with Crippen molar-refractivity contribution in [3.05, 3.63) is 53.9 Å². The highest BCUT2D eigenvalue weighted by Crippen LogP contribution is 2.27. The third-order valence-corrected chi connectivity index (χ3v) is 3.01. The number of aliphatic hydroxyl groups is 1. The lowest BCUT2D eigenvalue weighted by Crippen LogP contribution is -1.99. The Morgan fingerprint density at radius 2 is 2.05 bits per heavy atom.